The van der Waals surface area contributed by atoms with Crippen molar-refractivity contribution in [1.82, 2.24) is 4.98 Å². The van der Waals surface area contributed by atoms with Gasteiger partial charge in [-0.15, -0.1) is 11.6 Å². The molecule has 90 valence electrons. The van der Waals surface area contributed by atoms with Crippen LogP contribution in [-0.2, 0) is 5.88 Å². The number of halogens is 2. The van der Waals surface area contributed by atoms with Crippen molar-refractivity contribution < 1.29 is 0 Å². The van der Waals surface area contributed by atoms with Crippen molar-refractivity contribution in [2.75, 3.05) is 11.9 Å². The predicted molar refractivity (Wildman–Crippen MR) is 72.0 cm³/mol. The normalized spacial score (nSPS) is 17.7. The van der Waals surface area contributed by atoms with E-state index in [2.05, 4.69) is 16.9 Å². The highest BCUT2D eigenvalue weighted by atomic mass is 35.5. The highest BCUT2D eigenvalue weighted by molar-refractivity contribution is 7.16. The minimum atomic E-state index is 0.453. The largest absolute Gasteiger partial charge is 0.348 e. The van der Waals surface area contributed by atoms with Crippen molar-refractivity contribution in [2.24, 2.45) is 0 Å². The minimum Gasteiger partial charge on any atom is -0.348 e. The van der Waals surface area contributed by atoms with Gasteiger partial charge in [-0.3, -0.25) is 0 Å². The van der Waals surface area contributed by atoms with Crippen molar-refractivity contribution >= 4 is 39.7 Å². The van der Waals surface area contributed by atoms with Gasteiger partial charge in [0.1, 0.15) is 5.15 Å². The van der Waals surface area contributed by atoms with Crippen LogP contribution in [0.1, 0.15) is 37.0 Å². The topological polar surface area (TPSA) is 16.1 Å². The Balaban J connectivity index is 2.09. The van der Waals surface area contributed by atoms with Crippen molar-refractivity contribution in [2.45, 2.75) is 44.0 Å². The standard InChI is InChI=1S/C11H16Cl2N2S/c1-15(8-5-3-2-4-6-8)11-14-10(13)9(7-12)16-11/h8H,2-7H2,1H3. The van der Waals surface area contributed by atoms with E-state index < -0.39 is 0 Å². The van der Waals surface area contributed by atoms with Crippen LogP contribution in [0.3, 0.4) is 0 Å². The van der Waals surface area contributed by atoms with Gasteiger partial charge in [0.05, 0.1) is 10.8 Å². The number of nitrogens with zero attached hydrogens (tertiary/aromatic N) is 2. The van der Waals surface area contributed by atoms with Crippen molar-refractivity contribution in [1.29, 1.82) is 0 Å². The summed E-state index contributed by atoms with van der Waals surface area (Å²) < 4.78 is 0. The Labute approximate surface area is 111 Å². The summed E-state index contributed by atoms with van der Waals surface area (Å²) in [4.78, 5) is 7.62. The van der Waals surface area contributed by atoms with Gasteiger partial charge in [0.2, 0.25) is 0 Å². The average molecular weight is 279 g/mol. The van der Waals surface area contributed by atoms with Gasteiger partial charge in [-0.2, -0.15) is 0 Å². The maximum Gasteiger partial charge on any atom is 0.187 e. The van der Waals surface area contributed by atoms with Gasteiger partial charge in [0, 0.05) is 13.1 Å². The molecule has 0 bridgehead atoms. The van der Waals surface area contributed by atoms with Crippen LogP contribution in [0.4, 0.5) is 5.13 Å². The van der Waals surface area contributed by atoms with Crippen LogP contribution in [0.15, 0.2) is 0 Å². The van der Waals surface area contributed by atoms with Crippen molar-refractivity contribution in [3.05, 3.63) is 10.0 Å². The molecule has 1 aromatic rings. The molecule has 1 aromatic heterocycles. The zero-order valence-corrected chi connectivity index (χ0v) is 11.7. The fourth-order valence-electron chi connectivity index (χ4n) is 2.18. The van der Waals surface area contributed by atoms with Crippen LogP contribution >= 0.6 is 34.5 Å². The first kappa shape index (κ1) is 12.5. The Morgan fingerprint density at radius 2 is 2.06 bits per heavy atom. The van der Waals surface area contributed by atoms with Gasteiger partial charge in [-0.1, -0.05) is 42.2 Å². The zero-order chi connectivity index (χ0) is 11.5. The maximum absolute atomic E-state index is 6.02. The molecule has 0 amide bonds. The van der Waals surface area contributed by atoms with Gasteiger partial charge >= 0.3 is 0 Å². The summed E-state index contributed by atoms with van der Waals surface area (Å²) in [6, 6.07) is 0.624. The van der Waals surface area contributed by atoms with E-state index in [-0.39, 0.29) is 0 Å². The SMILES string of the molecule is CN(c1nc(Cl)c(CCl)s1)C1CCCCC1. The lowest BCUT2D eigenvalue weighted by atomic mass is 9.95. The smallest absolute Gasteiger partial charge is 0.187 e. The predicted octanol–water partition coefficient (Wildman–Crippen LogP) is 4.30. The Kier molecular flexibility index (Phi) is 4.34. The minimum absolute atomic E-state index is 0.453. The Hall–Kier alpha value is 0.01000. The monoisotopic (exact) mass is 278 g/mol. The number of aromatic nitrogens is 1. The van der Waals surface area contributed by atoms with Crippen LogP contribution < -0.4 is 4.90 Å². The first-order chi connectivity index (χ1) is 7.72. The Bertz CT molecular complexity index is 348. The third kappa shape index (κ3) is 2.63. The molecule has 1 aliphatic carbocycles. The maximum atomic E-state index is 6.02. The molecule has 0 radical (unpaired) electrons. The molecule has 0 aromatic carbocycles. The van der Waals surface area contributed by atoms with Crippen molar-refractivity contribution in [3.63, 3.8) is 0 Å². The fourth-order valence-corrected chi connectivity index (χ4v) is 3.69. The lowest BCUT2D eigenvalue weighted by Gasteiger charge is -2.30. The van der Waals surface area contributed by atoms with Gasteiger partial charge in [0.25, 0.3) is 0 Å². The summed E-state index contributed by atoms with van der Waals surface area (Å²) in [5.41, 5.74) is 0. The zero-order valence-electron chi connectivity index (χ0n) is 9.38. The molecule has 1 aliphatic rings. The number of hydrogen-bond donors (Lipinski definition) is 0. The summed E-state index contributed by atoms with van der Waals surface area (Å²) in [7, 11) is 2.11. The molecule has 16 heavy (non-hydrogen) atoms. The molecule has 0 spiro atoms. The lowest BCUT2D eigenvalue weighted by Crippen LogP contribution is -2.33. The van der Waals surface area contributed by atoms with E-state index in [1.165, 1.54) is 32.1 Å². The number of anilines is 1. The van der Waals surface area contributed by atoms with Gasteiger partial charge < -0.3 is 4.90 Å². The van der Waals surface area contributed by atoms with E-state index in [0.717, 1.165) is 10.0 Å². The van der Waals surface area contributed by atoms with Crippen LogP contribution in [0.5, 0.6) is 0 Å². The first-order valence-corrected chi connectivity index (χ1v) is 7.39. The van der Waals surface area contributed by atoms with Crippen LogP contribution in [0.25, 0.3) is 0 Å². The average Bonchev–Trinajstić information content (AvgIpc) is 2.71. The molecule has 1 fully saturated rings. The van der Waals surface area contributed by atoms with E-state index in [1.54, 1.807) is 11.3 Å². The van der Waals surface area contributed by atoms with Gasteiger partial charge in [0.15, 0.2) is 5.13 Å². The van der Waals surface area contributed by atoms with E-state index >= 15 is 0 Å². The molecular weight excluding hydrogens is 263 g/mol. The molecule has 1 heterocycles. The van der Waals surface area contributed by atoms with Crippen molar-refractivity contribution in [3.8, 4) is 0 Å². The highest BCUT2D eigenvalue weighted by Gasteiger charge is 2.21. The Morgan fingerprint density at radius 1 is 1.38 bits per heavy atom. The van der Waals surface area contributed by atoms with Crippen LogP contribution in [-0.4, -0.2) is 18.1 Å². The molecule has 2 rings (SSSR count). The third-order valence-electron chi connectivity index (χ3n) is 3.18. The Morgan fingerprint density at radius 3 is 2.62 bits per heavy atom. The quantitative estimate of drug-likeness (QED) is 0.767. The van der Waals surface area contributed by atoms with Crippen LogP contribution in [0.2, 0.25) is 5.15 Å². The molecule has 0 aliphatic heterocycles. The second kappa shape index (κ2) is 5.56. The molecule has 5 heteroatoms. The lowest BCUT2D eigenvalue weighted by molar-refractivity contribution is 0.427. The summed E-state index contributed by atoms with van der Waals surface area (Å²) in [6.07, 6.45) is 6.57. The molecule has 0 saturated heterocycles. The highest BCUT2D eigenvalue weighted by Crippen LogP contribution is 2.33. The summed E-state index contributed by atoms with van der Waals surface area (Å²) in [5.74, 6) is 0.453. The molecular formula is C11H16Cl2N2S. The second-order valence-electron chi connectivity index (χ2n) is 4.25. The number of rotatable bonds is 3. The molecule has 0 unspecified atom stereocenters. The van der Waals surface area contributed by atoms with E-state index in [0.29, 0.717) is 17.1 Å². The second-order valence-corrected chi connectivity index (χ2v) is 5.93. The third-order valence-corrected chi connectivity index (χ3v) is 5.18. The summed E-state index contributed by atoms with van der Waals surface area (Å²) in [5, 5.41) is 1.57. The number of hydrogen-bond acceptors (Lipinski definition) is 3. The van der Waals surface area contributed by atoms with E-state index in [1.807, 2.05) is 0 Å². The van der Waals surface area contributed by atoms with E-state index in [4.69, 9.17) is 23.2 Å². The summed E-state index contributed by atoms with van der Waals surface area (Å²) in [6.45, 7) is 0. The first-order valence-electron chi connectivity index (χ1n) is 5.66. The van der Waals surface area contributed by atoms with Gasteiger partial charge in [-0.25, -0.2) is 4.98 Å². The van der Waals surface area contributed by atoms with Gasteiger partial charge in [-0.05, 0) is 12.8 Å². The summed E-state index contributed by atoms with van der Waals surface area (Å²) >= 11 is 13.4. The molecule has 1 saturated carbocycles. The number of alkyl halides is 1. The molecule has 0 N–H and O–H groups in total. The number of thiazole rings is 1. The van der Waals surface area contributed by atoms with E-state index in [9.17, 15) is 0 Å². The molecule has 0 atom stereocenters. The van der Waals surface area contributed by atoms with Crippen LogP contribution in [0, 0.1) is 0 Å². The molecule has 2 nitrogen and oxygen atoms in total. The fraction of sp³-hybridized carbons (Fsp3) is 0.727.